The Morgan fingerprint density at radius 3 is 2.82 bits per heavy atom. The molecule has 5 rings (SSSR count). The standard InChI is InChI=1S/C25H29ClFN5O2/c1-3-10-30(2)18-5-7-19(8-6-18)34-23-11-17(27)4-9-20(23)25(33)31-14-21-22(15-31)29-32-13-16(26)12-28-24(21)32/h4,9,11-13,18-19H,3,5-8,10,14-15H2,1-2H3/t18-,19+. The topological polar surface area (TPSA) is 63.0 Å². The van der Waals surface area contributed by atoms with Crippen LogP contribution >= 0.6 is 11.6 Å². The molecule has 1 amide bonds. The predicted molar refractivity (Wildman–Crippen MR) is 128 cm³/mol. The molecule has 2 aliphatic rings. The first kappa shape index (κ1) is 23.1. The van der Waals surface area contributed by atoms with Crippen molar-refractivity contribution in [3.05, 3.63) is 58.3 Å². The lowest BCUT2D eigenvalue weighted by atomic mass is 9.92. The molecule has 2 aromatic heterocycles. The van der Waals surface area contributed by atoms with Gasteiger partial charge in [-0.2, -0.15) is 5.10 Å². The first-order valence-corrected chi connectivity index (χ1v) is 12.3. The number of hydrogen-bond donors (Lipinski definition) is 0. The normalized spacial score (nSPS) is 20.2. The summed E-state index contributed by atoms with van der Waals surface area (Å²) >= 11 is 6.01. The van der Waals surface area contributed by atoms with Gasteiger partial charge in [0.2, 0.25) is 0 Å². The van der Waals surface area contributed by atoms with Crippen LogP contribution in [0.15, 0.2) is 30.6 Å². The molecule has 180 valence electrons. The molecule has 0 bridgehead atoms. The Balaban J connectivity index is 1.29. The summed E-state index contributed by atoms with van der Waals surface area (Å²) in [6.45, 7) is 4.03. The molecule has 1 aromatic carbocycles. The Labute approximate surface area is 203 Å². The average molecular weight is 486 g/mol. The number of carbonyl (C=O) groups excluding carboxylic acids is 1. The second-order valence-electron chi connectivity index (χ2n) is 9.30. The smallest absolute Gasteiger partial charge is 0.258 e. The first-order valence-electron chi connectivity index (χ1n) is 11.9. The lowest BCUT2D eigenvalue weighted by molar-refractivity contribution is 0.0729. The van der Waals surface area contributed by atoms with Crippen LogP contribution in [0.2, 0.25) is 5.02 Å². The minimum absolute atomic E-state index is 0.0199. The summed E-state index contributed by atoms with van der Waals surface area (Å²) in [6, 6.07) is 4.72. The van der Waals surface area contributed by atoms with Gasteiger partial charge in [-0.05, 0) is 57.8 Å². The molecule has 0 N–H and O–H groups in total. The van der Waals surface area contributed by atoms with Crippen LogP contribution in [0.25, 0.3) is 5.65 Å². The second-order valence-corrected chi connectivity index (χ2v) is 9.73. The number of hydrogen-bond acceptors (Lipinski definition) is 5. The van der Waals surface area contributed by atoms with E-state index in [1.54, 1.807) is 21.8 Å². The van der Waals surface area contributed by atoms with Crippen molar-refractivity contribution in [2.45, 2.75) is 64.3 Å². The van der Waals surface area contributed by atoms with E-state index in [9.17, 15) is 9.18 Å². The maximum Gasteiger partial charge on any atom is 0.258 e. The van der Waals surface area contributed by atoms with E-state index in [0.717, 1.165) is 49.9 Å². The van der Waals surface area contributed by atoms with Gasteiger partial charge >= 0.3 is 0 Å². The monoisotopic (exact) mass is 485 g/mol. The number of halogens is 2. The van der Waals surface area contributed by atoms with Gasteiger partial charge in [-0.3, -0.25) is 4.79 Å². The molecule has 0 atom stereocenters. The molecule has 0 unspecified atom stereocenters. The highest BCUT2D eigenvalue weighted by molar-refractivity contribution is 6.30. The third-order valence-electron chi connectivity index (χ3n) is 6.91. The van der Waals surface area contributed by atoms with E-state index >= 15 is 0 Å². The van der Waals surface area contributed by atoms with E-state index in [4.69, 9.17) is 16.3 Å². The van der Waals surface area contributed by atoms with E-state index in [1.807, 2.05) is 0 Å². The lowest BCUT2D eigenvalue weighted by Crippen LogP contribution is -2.38. The van der Waals surface area contributed by atoms with Gasteiger partial charge in [-0.25, -0.2) is 13.9 Å². The molecular weight excluding hydrogens is 457 g/mol. The van der Waals surface area contributed by atoms with Gasteiger partial charge in [0.1, 0.15) is 11.6 Å². The molecule has 3 aromatic rings. The van der Waals surface area contributed by atoms with Crippen LogP contribution in [0.3, 0.4) is 0 Å². The zero-order valence-corrected chi connectivity index (χ0v) is 20.3. The van der Waals surface area contributed by atoms with Crippen LogP contribution in [-0.4, -0.2) is 56.0 Å². The van der Waals surface area contributed by atoms with Crippen molar-refractivity contribution in [2.24, 2.45) is 0 Å². The van der Waals surface area contributed by atoms with Gasteiger partial charge < -0.3 is 14.5 Å². The zero-order chi connectivity index (χ0) is 23.8. The van der Waals surface area contributed by atoms with Crippen LogP contribution in [0, 0.1) is 5.82 Å². The summed E-state index contributed by atoms with van der Waals surface area (Å²) in [5, 5.41) is 5.03. The lowest BCUT2D eigenvalue weighted by Gasteiger charge is -2.35. The average Bonchev–Trinajstić information content (AvgIpc) is 3.37. The van der Waals surface area contributed by atoms with E-state index < -0.39 is 5.82 Å². The predicted octanol–water partition coefficient (Wildman–Crippen LogP) is 4.71. The van der Waals surface area contributed by atoms with Crippen molar-refractivity contribution in [2.75, 3.05) is 13.6 Å². The zero-order valence-electron chi connectivity index (χ0n) is 19.5. The van der Waals surface area contributed by atoms with Crippen molar-refractivity contribution < 1.29 is 13.9 Å². The van der Waals surface area contributed by atoms with Crippen molar-refractivity contribution in [3.8, 4) is 5.75 Å². The Bertz CT molecular complexity index is 1210. The fraction of sp³-hybridized carbons (Fsp3) is 0.480. The van der Waals surface area contributed by atoms with Crippen molar-refractivity contribution in [3.63, 3.8) is 0 Å². The Morgan fingerprint density at radius 1 is 1.26 bits per heavy atom. The Hall–Kier alpha value is -2.71. The largest absolute Gasteiger partial charge is 0.489 e. The quantitative estimate of drug-likeness (QED) is 0.506. The Kier molecular flexibility index (Phi) is 6.44. The van der Waals surface area contributed by atoms with E-state index in [1.165, 1.54) is 18.2 Å². The molecule has 1 aliphatic heterocycles. The van der Waals surface area contributed by atoms with Crippen LogP contribution in [0.4, 0.5) is 4.39 Å². The van der Waals surface area contributed by atoms with Crippen molar-refractivity contribution >= 4 is 23.2 Å². The molecule has 9 heteroatoms. The summed E-state index contributed by atoms with van der Waals surface area (Å²) in [4.78, 5) is 21.9. The molecule has 0 saturated heterocycles. The summed E-state index contributed by atoms with van der Waals surface area (Å²) in [5.41, 5.74) is 2.77. The van der Waals surface area contributed by atoms with Gasteiger partial charge in [-0.1, -0.05) is 18.5 Å². The van der Waals surface area contributed by atoms with Crippen molar-refractivity contribution in [1.82, 2.24) is 24.4 Å². The van der Waals surface area contributed by atoms with Gasteiger partial charge in [0.05, 0.1) is 41.7 Å². The molecule has 0 radical (unpaired) electrons. The number of amides is 1. The molecule has 7 nitrogen and oxygen atoms in total. The minimum Gasteiger partial charge on any atom is -0.489 e. The summed E-state index contributed by atoms with van der Waals surface area (Å²) in [7, 11) is 2.17. The number of carbonyl (C=O) groups is 1. The van der Waals surface area contributed by atoms with Gasteiger partial charge in [0.15, 0.2) is 5.65 Å². The fourth-order valence-electron chi connectivity index (χ4n) is 5.12. The molecule has 3 heterocycles. The minimum atomic E-state index is -0.411. The number of aromatic nitrogens is 3. The highest BCUT2D eigenvalue weighted by Crippen LogP contribution is 2.32. The molecule has 1 aliphatic carbocycles. The Morgan fingerprint density at radius 2 is 2.06 bits per heavy atom. The molecule has 34 heavy (non-hydrogen) atoms. The molecule has 0 spiro atoms. The van der Waals surface area contributed by atoms with Gasteiger partial charge in [0.25, 0.3) is 5.91 Å². The fourth-order valence-corrected chi connectivity index (χ4v) is 5.27. The maximum atomic E-state index is 14.1. The van der Waals surface area contributed by atoms with Gasteiger partial charge in [-0.15, -0.1) is 0 Å². The number of fused-ring (bicyclic) bond motifs is 3. The molecule has 1 saturated carbocycles. The summed E-state index contributed by atoms with van der Waals surface area (Å²) < 4.78 is 22.0. The second kappa shape index (κ2) is 9.50. The van der Waals surface area contributed by atoms with Crippen LogP contribution < -0.4 is 4.74 Å². The first-order chi connectivity index (χ1) is 16.4. The SMILES string of the molecule is CCCN(C)[C@H]1CC[C@@H](Oc2cc(F)ccc2C(=O)N2Cc3nn4cc(Cl)cnc4c3C2)CC1. The van der Waals surface area contributed by atoms with Crippen LogP contribution in [-0.2, 0) is 13.1 Å². The number of nitrogens with zero attached hydrogens (tertiary/aromatic N) is 5. The number of rotatable bonds is 6. The summed E-state index contributed by atoms with van der Waals surface area (Å²) in [5.74, 6) is -0.290. The third-order valence-corrected chi connectivity index (χ3v) is 7.10. The third kappa shape index (κ3) is 4.49. The number of benzene rings is 1. The van der Waals surface area contributed by atoms with E-state index in [-0.39, 0.29) is 12.0 Å². The van der Waals surface area contributed by atoms with E-state index in [0.29, 0.717) is 41.1 Å². The van der Waals surface area contributed by atoms with Gasteiger partial charge in [0, 0.05) is 23.9 Å². The van der Waals surface area contributed by atoms with Crippen LogP contribution in [0.1, 0.15) is 60.6 Å². The van der Waals surface area contributed by atoms with E-state index in [2.05, 4.69) is 29.0 Å². The van der Waals surface area contributed by atoms with Crippen LogP contribution in [0.5, 0.6) is 5.75 Å². The highest BCUT2D eigenvalue weighted by atomic mass is 35.5. The van der Waals surface area contributed by atoms with Crippen molar-refractivity contribution in [1.29, 1.82) is 0 Å². The number of ether oxygens (including phenoxy) is 1. The molecule has 1 fully saturated rings. The maximum absolute atomic E-state index is 14.1. The molecular formula is C25H29ClFN5O2. The highest BCUT2D eigenvalue weighted by Gasteiger charge is 2.32. The summed E-state index contributed by atoms with van der Waals surface area (Å²) in [6.07, 6.45) is 8.26.